The van der Waals surface area contributed by atoms with Crippen LogP contribution in [0.15, 0.2) is 48.5 Å². The van der Waals surface area contributed by atoms with E-state index in [1.54, 1.807) is 12.1 Å². The molecule has 2 heteroatoms. The first-order valence-corrected chi connectivity index (χ1v) is 6.44. The Morgan fingerprint density at radius 3 is 1.89 bits per heavy atom. The molecule has 0 atom stereocenters. The number of phenols is 1. The molecule has 2 nitrogen and oxygen atoms in total. The fourth-order valence-corrected chi connectivity index (χ4v) is 2.59. The Morgan fingerprint density at radius 1 is 0.778 bits per heavy atom. The average Bonchev–Trinajstić information content (AvgIpc) is 2.62. The molecule has 0 radical (unpaired) electrons. The number of phenolic OH excluding ortho intramolecular Hbond substituents is 1. The SMILES string of the molecule is Oc1ccc(N2CCc3ccccc3CC2)cc1. The van der Waals surface area contributed by atoms with Crippen molar-refractivity contribution in [2.24, 2.45) is 0 Å². The van der Waals surface area contributed by atoms with Crippen LogP contribution >= 0.6 is 0 Å². The third-order valence-corrected chi connectivity index (χ3v) is 3.64. The van der Waals surface area contributed by atoms with Crippen molar-refractivity contribution >= 4 is 5.69 Å². The minimum atomic E-state index is 0.330. The second-order valence-electron chi connectivity index (χ2n) is 4.77. The van der Waals surface area contributed by atoms with Gasteiger partial charge in [-0.1, -0.05) is 24.3 Å². The standard InChI is InChI=1S/C16H17NO/c18-16-7-5-15(6-8-16)17-11-9-13-3-1-2-4-14(13)10-12-17/h1-8,18H,9-12H2. The first-order chi connectivity index (χ1) is 8.83. The molecule has 0 unspecified atom stereocenters. The highest BCUT2D eigenvalue weighted by Crippen LogP contribution is 2.22. The van der Waals surface area contributed by atoms with Gasteiger partial charge in [-0.05, 0) is 48.2 Å². The predicted octanol–water partition coefficient (Wildman–Crippen LogP) is 3.00. The average molecular weight is 239 g/mol. The second kappa shape index (κ2) is 4.73. The Morgan fingerprint density at radius 2 is 1.33 bits per heavy atom. The van der Waals surface area contributed by atoms with Crippen LogP contribution < -0.4 is 4.90 Å². The first kappa shape index (κ1) is 11.1. The number of benzene rings is 2. The Kier molecular flexibility index (Phi) is 2.93. The summed E-state index contributed by atoms with van der Waals surface area (Å²) in [7, 11) is 0. The zero-order valence-corrected chi connectivity index (χ0v) is 10.3. The molecule has 0 amide bonds. The molecule has 0 fully saturated rings. The molecule has 0 saturated heterocycles. The van der Waals surface area contributed by atoms with E-state index in [0.717, 1.165) is 25.9 Å². The van der Waals surface area contributed by atoms with Crippen molar-refractivity contribution < 1.29 is 5.11 Å². The Balaban J connectivity index is 1.80. The molecule has 1 aliphatic rings. The minimum Gasteiger partial charge on any atom is -0.508 e. The number of anilines is 1. The number of aromatic hydroxyl groups is 1. The van der Waals surface area contributed by atoms with Crippen LogP contribution in [0, 0.1) is 0 Å². The smallest absolute Gasteiger partial charge is 0.115 e. The lowest BCUT2D eigenvalue weighted by molar-refractivity contribution is 0.475. The lowest BCUT2D eigenvalue weighted by atomic mass is 10.0. The van der Waals surface area contributed by atoms with Crippen LogP contribution in [0.5, 0.6) is 5.75 Å². The number of rotatable bonds is 1. The largest absolute Gasteiger partial charge is 0.508 e. The summed E-state index contributed by atoms with van der Waals surface area (Å²) in [5, 5.41) is 9.33. The molecule has 2 aromatic carbocycles. The summed E-state index contributed by atoms with van der Waals surface area (Å²) in [4.78, 5) is 2.39. The van der Waals surface area contributed by atoms with E-state index >= 15 is 0 Å². The van der Waals surface area contributed by atoms with Crippen molar-refractivity contribution in [3.63, 3.8) is 0 Å². The van der Waals surface area contributed by atoms with Gasteiger partial charge in [0.15, 0.2) is 0 Å². The van der Waals surface area contributed by atoms with Crippen LogP contribution in [-0.2, 0) is 12.8 Å². The molecule has 1 aliphatic heterocycles. The van der Waals surface area contributed by atoms with Crippen LogP contribution in [0.3, 0.4) is 0 Å². The van der Waals surface area contributed by atoms with Crippen LogP contribution in [0.4, 0.5) is 5.69 Å². The summed E-state index contributed by atoms with van der Waals surface area (Å²) in [6.07, 6.45) is 2.19. The monoisotopic (exact) mass is 239 g/mol. The summed E-state index contributed by atoms with van der Waals surface area (Å²) in [6, 6.07) is 16.2. The van der Waals surface area contributed by atoms with Crippen LogP contribution in [-0.4, -0.2) is 18.2 Å². The van der Waals surface area contributed by atoms with E-state index in [4.69, 9.17) is 0 Å². The van der Waals surface area contributed by atoms with Gasteiger partial charge < -0.3 is 10.0 Å². The van der Waals surface area contributed by atoms with E-state index in [2.05, 4.69) is 29.2 Å². The van der Waals surface area contributed by atoms with Crippen molar-refractivity contribution in [3.05, 3.63) is 59.7 Å². The van der Waals surface area contributed by atoms with Gasteiger partial charge in [-0.15, -0.1) is 0 Å². The van der Waals surface area contributed by atoms with E-state index in [9.17, 15) is 5.11 Å². The van der Waals surface area contributed by atoms with Crippen molar-refractivity contribution in [1.29, 1.82) is 0 Å². The number of fused-ring (bicyclic) bond motifs is 1. The molecule has 0 saturated carbocycles. The van der Waals surface area contributed by atoms with E-state index in [0.29, 0.717) is 5.75 Å². The van der Waals surface area contributed by atoms with Gasteiger partial charge in [0.2, 0.25) is 0 Å². The molecular weight excluding hydrogens is 222 g/mol. The molecule has 2 aromatic rings. The third-order valence-electron chi connectivity index (χ3n) is 3.64. The normalized spacial score (nSPS) is 15.0. The molecule has 0 aromatic heterocycles. The molecule has 18 heavy (non-hydrogen) atoms. The maximum Gasteiger partial charge on any atom is 0.115 e. The van der Waals surface area contributed by atoms with Gasteiger partial charge in [0.05, 0.1) is 0 Å². The molecule has 0 bridgehead atoms. The van der Waals surface area contributed by atoms with Gasteiger partial charge in [0.25, 0.3) is 0 Å². The van der Waals surface area contributed by atoms with E-state index in [1.165, 1.54) is 16.8 Å². The molecule has 0 spiro atoms. The number of nitrogens with zero attached hydrogens (tertiary/aromatic N) is 1. The van der Waals surface area contributed by atoms with E-state index in [1.807, 2.05) is 12.1 Å². The van der Waals surface area contributed by atoms with Gasteiger partial charge in [-0.2, -0.15) is 0 Å². The van der Waals surface area contributed by atoms with Crippen molar-refractivity contribution in [2.75, 3.05) is 18.0 Å². The highest BCUT2D eigenvalue weighted by molar-refractivity contribution is 5.50. The first-order valence-electron chi connectivity index (χ1n) is 6.44. The third kappa shape index (κ3) is 2.19. The number of hydrogen-bond acceptors (Lipinski definition) is 2. The Labute approximate surface area is 107 Å². The maximum absolute atomic E-state index is 9.33. The van der Waals surface area contributed by atoms with Gasteiger partial charge in [-0.3, -0.25) is 0 Å². The molecule has 1 N–H and O–H groups in total. The highest BCUT2D eigenvalue weighted by atomic mass is 16.3. The molecule has 1 heterocycles. The summed E-state index contributed by atoms with van der Waals surface area (Å²) < 4.78 is 0. The molecule has 0 aliphatic carbocycles. The zero-order valence-electron chi connectivity index (χ0n) is 10.3. The van der Waals surface area contributed by atoms with Crippen molar-refractivity contribution in [2.45, 2.75) is 12.8 Å². The van der Waals surface area contributed by atoms with Crippen molar-refractivity contribution in [3.8, 4) is 5.75 Å². The zero-order chi connectivity index (χ0) is 12.4. The fraction of sp³-hybridized carbons (Fsp3) is 0.250. The van der Waals surface area contributed by atoms with Crippen LogP contribution in [0.1, 0.15) is 11.1 Å². The van der Waals surface area contributed by atoms with E-state index in [-0.39, 0.29) is 0 Å². The van der Waals surface area contributed by atoms with Crippen molar-refractivity contribution in [1.82, 2.24) is 0 Å². The van der Waals surface area contributed by atoms with Gasteiger partial charge in [0.1, 0.15) is 5.75 Å². The fourth-order valence-electron chi connectivity index (χ4n) is 2.59. The minimum absolute atomic E-state index is 0.330. The van der Waals surface area contributed by atoms with E-state index < -0.39 is 0 Å². The van der Waals surface area contributed by atoms with Gasteiger partial charge >= 0.3 is 0 Å². The van der Waals surface area contributed by atoms with Gasteiger partial charge in [-0.25, -0.2) is 0 Å². The second-order valence-corrected chi connectivity index (χ2v) is 4.77. The lowest BCUT2D eigenvalue weighted by Crippen LogP contribution is -2.25. The molecule has 3 rings (SSSR count). The topological polar surface area (TPSA) is 23.5 Å². The van der Waals surface area contributed by atoms with Crippen LogP contribution in [0.2, 0.25) is 0 Å². The molecular formula is C16H17NO. The summed E-state index contributed by atoms with van der Waals surface area (Å²) in [6.45, 7) is 2.09. The summed E-state index contributed by atoms with van der Waals surface area (Å²) in [5.74, 6) is 0.330. The quantitative estimate of drug-likeness (QED) is 0.827. The molecule has 92 valence electrons. The summed E-state index contributed by atoms with van der Waals surface area (Å²) >= 11 is 0. The van der Waals surface area contributed by atoms with Gasteiger partial charge in [0, 0.05) is 18.8 Å². The maximum atomic E-state index is 9.33. The van der Waals surface area contributed by atoms with Crippen LogP contribution in [0.25, 0.3) is 0 Å². The summed E-state index contributed by atoms with van der Waals surface area (Å²) in [5.41, 5.74) is 4.14. The lowest BCUT2D eigenvalue weighted by Gasteiger charge is -2.22. The Bertz CT molecular complexity index is 506. The highest BCUT2D eigenvalue weighted by Gasteiger charge is 2.13. The Hall–Kier alpha value is -1.96. The number of hydrogen-bond donors (Lipinski definition) is 1. The predicted molar refractivity (Wildman–Crippen MR) is 74.2 cm³/mol.